The molecule has 0 N–H and O–H groups in total. The van der Waals surface area contributed by atoms with Gasteiger partial charge in [-0.15, -0.1) is 0 Å². The number of rotatable bonds is 6. The van der Waals surface area contributed by atoms with Gasteiger partial charge in [-0.25, -0.2) is 0 Å². The van der Waals surface area contributed by atoms with E-state index in [4.69, 9.17) is 0 Å². The average Bonchev–Trinajstić information content (AvgIpc) is 2.34. The lowest BCUT2D eigenvalue weighted by atomic mass is 9.99. The van der Waals surface area contributed by atoms with E-state index in [9.17, 15) is 9.59 Å². The molecule has 23 heavy (non-hydrogen) atoms. The fourth-order valence-corrected chi connectivity index (χ4v) is 1.52. The van der Waals surface area contributed by atoms with E-state index in [2.05, 4.69) is 27.7 Å². The minimum Gasteiger partial charge on any atom is -0.295 e. The summed E-state index contributed by atoms with van der Waals surface area (Å²) in [6, 6.07) is 0. The van der Waals surface area contributed by atoms with Crippen LogP contribution < -0.4 is 0 Å². The third kappa shape index (κ3) is 18.8. The zero-order valence-electron chi connectivity index (χ0n) is 15.4. The molecule has 0 heterocycles. The Balaban J connectivity index is -0.000000145. The molecule has 0 saturated carbocycles. The third-order valence-corrected chi connectivity index (χ3v) is 2.71. The molecule has 0 radical (unpaired) electrons. The van der Waals surface area contributed by atoms with Crippen molar-refractivity contribution < 1.29 is 9.59 Å². The van der Waals surface area contributed by atoms with Gasteiger partial charge in [-0.2, -0.15) is 0 Å². The van der Waals surface area contributed by atoms with Gasteiger partial charge in [0.25, 0.3) is 0 Å². The molecule has 0 bridgehead atoms. The Morgan fingerprint density at radius 1 is 0.739 bits per heavy atom. The lowest BCUT2D eigenvalue weighted by molar-refractivity contribution is -0.118. The molecule has 2 nitrogen and oxygen atoms in total. The van der Waals surface area contributed by atoms with E-state index in [-0.39, 0.29) is 38.3 Å². The molecule has 0 aliphatic carbocycles. The van der Waals surface area contributed by atoms with Gasteiger partial charge in [-0.3, -0.25) is 9.59 Å². The van der Waals surface area contributed by atoms with Crippen LogP contribution in [0.5, 0.6) is 0 Å². The van der Waals surface area contributed by atoms with Crippen LogP contribution in [0.4, 0.5) is 0 Å². The summed E-state index contributed by atoms with van der Waals surface area (Å²) in [5.74, 6) is 1.69. The quantitative estimate of drug-likeness (QED) is 0.521. The highest BCUT2D eigenvalue weighted by molar-refractivity contribution is 5.96. The molecule has 0 aliphatic heterocycles. The summed E-state index contributed by atoms with van der Waals surface area (Å²) in [7, 11) is 0. The summed E-state index contributed by atoms with van der Waals surface area (Å²) < 4.78 is 0. The summed E-state index contributed by atoms with van der Waals surface area (Å²) in [6.45, 7) is 17.9. The molecule has 0 rings (SSSR count). The summed E-state index contributed by atoms with van der Waals surface area (Å²) >= 11 is 0. The maximum absolute atomic E-state index is 11.3. The number of allylic oxidation sites excluding steroid dienone is 4. The first-order valence-corrected chi connectivity index (χ1v) is 7.93. The Labute approximate surface area is 146 Å². The molecule has 0 fully saturated rings. The highest BCUT2D eigenvalue weighted by Gasteiger charge is 2.08. The molecule has 138 valence electrons. The fourth-order valence-electron chi connectivity index (χ4n) is 1.52. The molecule has 2 heteroatoms. The first-order valence-electron chi connectivity index (χ1n) is 7.93. The van der Waals surface area contributed by atoms with Crippen LogP contribution in [-0.2, 0) is 9.59 Å². The van der Waals surface area contributed by atoms with Crippen LogP contribution in [0.2, 0.25) is 0 Å². The van der Waals surface area contributed by atoms with E-state index in [1.165, 1.54) is 0 Å². The van der Waals surface area contributed by atoms with Gasteiger partial charge >= 0.3 is 0 Å². The Bertz CT molecular complexity index is 369. The Hall–Kier alpha value is -1.18. The van der Waals surface area contributed by atoms with Gasteiger partial charge in [-0.1, -0.05) is 82.4 Å². The maximum Gasteiger partial charge on any atom is 0.160 e. The van der Waals surface area contributed by atoms with E-state index < -0.39 is 0 Å². The Morgan fingerprint density at radius 3 is 1.43 bits per heavy atom. The van der Waals surface area contributed by atoms with Crippen LogP contribution in [0.15, 0.2) is 23.8 Å². The molecule has 0 aromatic heterocycles. The number of hydrogen-bond donors (Lipinski definition) is 0. The second-order valence-corrected chi connectivity index (χ2v) is 6.77. The van der Waals surface area contributed by atoms with Gasteiger partial charge in [0.05, 0.1) is 0 Å². The second-order valence-electron chi connectivity index (χ2n) is 6.77. The fraction of sp³-hybridized carbons (Fsp3) is 0.714. The van der Waals surface area contributed by atoms with Gasteiger partial charge in [-0.05, 0) is 30.4 Å². The van der Waals surface area contributed by atoms with E-state index in [0.717, 1.165) is 5.57 Å². The van der Waals surface area contributed by atoms with Crippen LogP contribution >= 0.6 is 0 Å². The van der Waals surface area contributed by atoms with Crippen molar-refractivity contribution in [3.05, 3.63) is 23.8 Å². The Morgan fingerprint density at radius 2 is 1.17 bits per heavy atom. The van der Waals surface area contributed by atoms with Gasteiger partial charge in [0.15, 0.2) is 11.6 Å². The minimum absolute atomic E-state index is 0. The Kier molecular flexibility index (Phi) is 20.3. The van der Waals surface area contributed by atoms with Crippen molar-refractivity contribution in [1.82, 2.24) is 0 Å². The molecule has 0 atom stereocenters. The number of carbonyl (C=O) groups excluding carboxylic acids is 2. The van der Waals surface area contributed by atoms with E-state index in [1.54, 1.807) is 6.08 Å². The summed E-state index contributed by atoms with van der Waals surface area (Å²) in [6.07, 6.45) is 5.62. The van der Waals surface area contributed by atoms with Crippen LogP contribution in [0.25, 0.3) is 0 Å². The number of Topliss-reactive ketones (excluding diaryl/α,β-unsaturated/α-hetero) is 1. The first-order chi connectivity index (χ1) is 9.48. The van der Waals surface area contributed by atoms with Crippen molar-refractivity contribution >= 4 is 11.6 Å². The van der Waals surface area contributed by atoms with E-state index >= 15 is 0 Å². The monoisotopic (exact) mass is 326 g/mol. The maximum atomic E-state index is 11.3. The molecule has 0 saturated heterocycles. The zero-order valence-corrected chi connectivity index (χ0v) is 15.4. The smallest absolute Gasteiger partial charge is 0.160 e. The van der Waals surface area contributed by atoms with E-state index in [1.807, 2.05) is 46.8 Å². The van der Waals surface area contributed by atoms with Gasteiger partial charge < -0.3 is 0 Å². The molecule has 0 amide bonds. The highest BCUT2D eigenvalue weighted by Crippen LogP contribution is 2.08. The highest BCUT2D eigenvalue weighted by atomic mass is 16.1. The van der Waals surface area contributed by atoms with Crippen molar-refractivity contribution in [1.29, 1.82) is 0 Å². The predicted molar refractivity (Wildman–Crippen MR) is 106 cm³/mol. The van der Waals surface area contributed by atoms with Crippen molar-refractivity contribution in [2.24, 2.45) is 23.7 Å². The lowest BCUT2D eigenvalue weighted by Gasteiger charge is -2.04. The molecular weight excluding hydrogens is 284 g/mol. The second kappa shape index (κ2) is 15.7. The molecule has 0 aromatic rings. The van der Waals surface area contributed by atoms with Gasteiger partial charge in [0.1, 0.15) is 0 Å². The first kappa shape index (κ1) is 29.8. The summed E-state index contributed by atoms with van der Waals surface area (Å²) in [5, 5.41) is 0. The van der Waals surface area contributed by atoms with Gasteiger partial charge in [0.2, 0.25) is 0 Å². The standard InChI is InChI=1S/C10H18O.C9H16O.2CH4/c1-7(2)6-9(5)10(11)8(3)4;1-7(2)5-6-9(10)8(3)4;;/h6-8H,1-5H3;5-8H,1-4H3;2*1H4/b9-6+;6-5+;;. The SMILES string of the molecule is C.C.C/C(=C\C(C)C)C(=O)C(C)C.CC(C)/C=C/C(=O)C(C)C. The third-order valence-electron chi connectivity index (χ3n) is 2.71. The number of hydrogen-bond acceptors (Lipinski definition) is 2. The van der Waals surface area contributed by atoms with Crippen LogP contribution in [0, 0.1) is 23.7 Å². The van der Waals surface area contributed by atoms with Crippen LogP contribution in [0.1, 0.15) is 77.2 Å². The van der Waals surface area contributed by atoms with Gasteiger partial charge in [0, 0.05) is 11.8 Å². The number of carbonyl (C=O) groups is 2. The molecule has 0 aliphatic rings. The summed E-state index contributed by atoms with van der Waals surface area (Å²) in [5.41, 5.74) is 0.898. The van der Waals surface area contributed by atoms with Crippen molar-refractivity contribution in [2.75, 3.05) is 0 Å². The minimum atomic E-state index is 0. The normalized spacial score (nSPS) is 11.3. The molecule has 0 unspecified atom stereocenters. The topological polar surface area (TPSA) is 34.1 Å². The lowest BCUT2D eigenvalue weighted by Crippen LogP contribution is -2.08. The molecule has 0 spiro atoms. The largest absolute Gasteiger partial charge is 0.295 e. The predicted octanol–water partition coefficient (Wildman–Crippen LogP) is 6.51. The zero-order chi connectivity index (χ0) is 17.2. The molecular formula is C21H42O2. The van der Waals surface area contributed by atoms with E-state index in [0.29, 0.717) is 11.8 Å². The van der Waals surface area contributed by atoms with Crippen molar-refractivity contribution in [3.63, 3.8) is 0 Å². The number of ketones is 2. The molecule has 0 aromatic carbocycles. The van der Waals surface area contributed by atoms with Crippen molar-refractivity contribution in [3.8, 4) is 0 Å². The average molecular weight is 327 g/mol. The van der Waals surface area contributed by atoms with Crippen molar-refractivity contribution in [2.45, 2.75) is 77.2 Å². The van der Waals surface area contributed by atoms with Crippen LogP contribution in [0.3, 0.4) is 0 Å². The summed E-state index contributed by atoms with van der Waals surface area (Å²) in [4.78, 5) is 22.3. The van der Waals surface area contributed by atoms with Crippen LogP contribution in [-0.4, -0.2) is 11.6 Å².